The lowest BCUT2D eigenvalue weighted by Gasteiger charge is -2.37. The van der Waals surface area contributed by atoms with Gasteiger partial charge >= 0.3 is 0 Å². The first-order chi connectivity index (χ1) is 7.07. The molecule has 0 radical (unpaired) electrons. The van der Waals surface area contributed by atoms with Crippen LogP contribution in [-0.4, -0.2) is 47.0 Å². The molecular weight excluding hydrogens is 208 g/mol. The average Bonchev–Trinajstić information content (AvgIpc) is 2.96. The van der Waals surface area contributed by atoms with Crippen LogP contribution >= 0.6 is 11.8 Å². The van der Waals surface area contributed by atoms with E-state index in [0.29, 0.717) is 12.6 Å². The van der Waals surface area contributed by atoms with Gasteiger partial charge in [0.1, 0.15) is 0 Å². The minimum absolute atomic E-state index is 0.230. The summed E-state index contributed by atoms with van der Waals surface area (Å²) in [6, 6.07) is 0.626. The van der Waals surface area contributed by atoms with Crippen LogP contribution in [0.15, 0.2) is 0 Å². The van der Waals surface area contributed by atoms with Crippen LogP contribution in [0.4, 0.5) is 0 Å². The third-order valence-corrected chi connectivity index (χ3v) is 4.19. The quantitative estimate of drug-likeness (QED) is 0.785. The van der Waals surface area contributed by atoms with Crippen molar-refractivity contribution in [1.82, 2.24) is 10.2 Å². The second kappa shape index (κ2) is 4.34. The lowest BCUT2D eigenvalue weighted by molar-refractivity contribution is -0.130. The Bertz CT molecular complexity index is 251. The van der Waals surface area contributed by atoms with Gasteiger partial charge in [-0.05, 0) is 26.7 Å². The monoisotopic (exact) mass is 228 g/mol. The average molecular weight is 228 g/mol. The van der Waals surface area contributed by atoms with Gasteiger partial charge in [-0.3, -0.25) is 4.79 Å². The second-order valence-corrected chi connectivity index (χ2v) is 6.88. The van der Waals surface area contributed by atoms with Crippen molar-refractivity contribution in [3.8, 4) is 0 Å². The summed E-state index contributed by atoms with van der Waals surface area (Å²) in [5, 5.41) is 3.28. The standard InChI is InChI=1S/C11H20N2OS/c1-11(2)8-13(5-6-15-11)10(14)7-12-9-3-4-9/h9,12H,3-8H2,1-2H3. The normalized spacial score (nSPS) is 25.3. The number of nitrogens with one attached hydrogen (secondary N) is 1. The molecule has 3 nitrogen and oxygen atoms in total. The van der Waals surface area contributed by atoms with Crippen LogP contribution < -0.4 is 5.32 Å². The largest absolute Gasteiger partial charge is 0.339 e. The van der Waals surface area contributed by atoms with E-state index >= 15 is 0 Å². The van der Waals surface area contributed by atoms with E-state index in [4.69, 9.17) is 0 Å². The molecule has 0 bridgehead atoms. The highest BCUT2D eigenvalue weighted by Crippen LogP contribution is 2.29. The van der Waals surface area contributed by atoms with Crippen molar-refractivity contribution < 1.29 is 4.79 Å². The molecule has 0 unspecified atom stereocenters. The molecule has 1 amide bonds. The van der Waals surface area contributed by atoms with Crippen LogP contribution in [0.3, 0.4) is 0 Å². The van der Waals surface area contributed by atoms with Crippen LogP contribution in [-0.2, 0) is 4.79 Å². The van der Waals surface area contributed by atoms with Crippen molar-refractivity contribution in [1.29, 1.82) is 0 Å². The summed E-state index contributed by atoms with van der Waals surface area (Å²) in [4.78, 5) is 13.9. The highest BCUT2D eigenvalue weighted by molar-refractivity contribution is 8.00. The fourth-order valence-corrected chi connectivity index (χ4v) is 2.97. The number of carbonyl (C=O) groups is 1. The van der Waals surface area contributed by atoms with E-state index in [2.05, 4.69) is 19.2 Å². The maximum absolute atomic E-state index is 11.9. The Morgan fingerprint density at radius 3 is 2.87 bits per heavy atom. The fourth-order valence-electron chi connectivity index (χ4n) is 1.86. The molecular formula is C11H20N2OS. The molecule has 2 fully saturated rings. The molecule has 1 aliphatic heterocycles. The summed E-state index contributed by atoms with van der Waals surface area (Å²) in [5.74, 6) is 1.34. The first kappa shape index (κ1) is 11.3. The van der Waals surface area contributed by atoms with E-state index in [9.17, 15) is 4.79 Å². The van der Waals surface area contributed by atoms with E-state index in [0.717, 1.165) is 18.8 Å². The summed E-state index contributed by atoms with van der Waals surface area (Å²) in [5.41, 5.74) is 0. The molecule has 1 aliphatic carbocycles. The van der Waals surface area contributed by atoms with Crippen molar-refractivity contribution in [2.24, 2.45) is 0 Å². The van der Waals surface area contributed by atoms with Crippen molar-refractivity contribution in [2.45, 2.75) is 37.5 Å². The van der Waals surface area contributed by atoms with Crippen LogP contribution in [0.25, 0.3) is 0 Å². The number of rotatable bonds is 3. The molecule has 0 aromatic carbocycles. The molecule has 1 heterocycles. The van der Waals surface area contributed by atoms with Gasteiger partial charge in [-0.25, -0.2) is 0 Å². The highest BCUT2D eigenvalue weighted by Gasteiger charge is 2.30. The molecule has 1 saturated carbocycles. The number of nitrogens with zero attached hydrogens (tertiary/aromatic N) is 1. The number of amides is 1. The van der Waals surface area contributed by atoms with Crippen LogP contribution in [0.5, 0.6) is 0 Å². The van der Waals surface area contributed by atoms with Gasteiger partial charge in [-0.15, -0.1) is 0 Å². The maximum Gasteiger partial charge on any atom is 0.236 e. The van der Waals surface area contributed by atoms with E-state index < -0.39 is 0 Å². The van der Waals surface area contributed by atoms with Gasteiger partial charge in [0.25, 0.3) is 0 Å². The number of carbonyl (C=O) groups excluding carboxylic acids is 1. The van der Waals surface area contributed by atoms with E-state index in [-0.39, 0.29) is 10.7 Å². The van der Waals surface area contributed by atoms with Crippen molar-refractivity contribution in [3.05, 3.63) is 0 Å². The molecule has 15 heavy (non-hydrogen) atoms. The smallest absolute Gasteiger partial charge is 0.236 e. The summed E-state index contributed by atoms with van der Waals surface area (Å²) in [6.45, 7) is 6.77. The predicted molar refractivity (Wildman–Crippen MR) is 64.1 cm³/mol. The molecule has 1 saturated heterocycles. The molecule has 0 aromatic rings. The van der Waals surface area contributed by atoms with E-state index in [1.807, 2.05) is 16.7 Å². The summed E-state index contributed by atoms with van der Waals surface area (Å²) < 4.78 is 0.230. The Balaban J connectivity index is 1.78. The number of thioether (sulfide) groups is 1. The predicted octanol–water partition coefficient (Wildman–Crippen LogP) is 1.09. The summed E-state index contributed by atoms with van der Waals surface area (Å²) in [7, 11) is 0. The topological polar surface area (TPSA) is 32.3 Å². The third kappa shape index (κ3) is 3.38. The Morgan fingerprint density at radius 1 is 1.53 bits per heavy atom. The minimum Gasteiger partial charge on any atom is -0.339 e. The lowest BCUT2D eigenvalue weighted by atomic mass is 10.2. The number of hydrogen-bond donors (Lipinski definition) is 1. The van der Waals surface area contributed by atoms with Crippen molar-refractivity contribution >= 4 is 17.7 Å². The van der Waals surface area contributed by atoms with Gasteiger partial charge in [-0.1, -0.05) is 0 Å². The zero-order chi connectivity index (χ0) is 10.9. The van der Waals surface area contributed by atoms with Gasteiger partial charge in [0, 0.05) is 29.6 Å². The molecule has 86 valence electrons. The lowest BCUT2D eigenvalue weighted by Crippen LogP contribution is -2.49. The molecule has 4 heteroatoms. The van der Waals surface area contributed by atoms with Gasteiger partial charge in [0.2, 0.25) is 5.91 Å². The number of hydrogen-bond acceptors (Lipinski definition) is 3. The Morgan fingerprint density at radius 2 is 2.27 bits per heavy atom. The first-order valence-electron chi connectivity index (χ1n) is 5.72. The fraction of sp³-hybridized carbons (Fsp3) is 0.909. The molecule has 0 atom stereocenters. The Kier molecular flexibility index (Phi) is 3.26. The molecule has 0 aromatic heterocycles. The Hall–Kier alpha value is -0.220. The summed E-state index contributed by atoms with van der Waals surface area (Å²) >= 11 is 1.96. The second-order valence-electron chi connectivity index (χ2n) is 5.08. The Labute approximate surface area is 96.0 Å². The van der Waals surface area contributed by atoms with Crippen molar-refractivity contribution in [2.75, 3.05) is 25.4 Å². The maximum atomic E-state index is 11.9. The SMILES string of the molecule is CC1(C)CN(C(=O)CNC2CC2)CCS1. The highest BCUT2D eigenvalue weighted by atomic mass is 32.2. The van der Waals surface area contributed by atoms with Gasteiger partial charge in [0.05, 0.1) is 6.54 Å². The van der Waals surface area contributed by atoms with Crippen LogP contribution in [0, 0.1) is 0 Å². The molecule has 0 spiro atoms. The van der Waals surface area contributed by atoms with E-state index in [1.54, 1.807) is 0 Å². The van der Waals surface area contributed by atoms with Gasteiger partial charge in [-0.2, -0.15) is 11.8 Å². The van der Waals surface area contributed by atoms with Crippen LogP contribution in [0.1, 0.15) is 26.7 Å². The zero-order valence-electron chi connectivity index (χ0n) is 9.58. The molecule has 2 rings (SSSR count). The van der Waals surface area contributed by atoms with Crippen molar-refractivity contribution in [3.63, 3.8) is 0 Å². The summed E-state index contributed by atoms with van der Waals surface area (Å²) in [6.07, 6.45) is 2.49. The molecule has 2 aliphatic rings. The minimum atomic E-state index is 0.230. The zero-order valence-corrected chi connectivity index (χ0v) is 10.4. The van der Waals surface area contributed by atoms with E-state index in [1.165, 1.54) is 12.8 Å². The van der Waals surface area contributed by atoms with Gasteiger partial charge < -0.3 is 10.2 Å². The van der Waals surface area contributed by atoms with Crippen LogP contribution in [0.2, 0.25) is 0 Å². The van der Waals surface area contributed by atoms with Gasteiger partial charge in [0.15, 0.2) is 0 Å². The molecule has 1 N–H and O–H groups in total. The third-order valence-electron chi connectivity index (χ3n) is 2.90. The first-order valence-corrected chi connectivity index (χ1v) is 6.70.